The van der Waals surface area contributed by atoms with Gasteiger partial charge in [0.25, 0.3) is 0 Å². The minimum absolute atomic E-state index is 0.0221. The second-order valence-corrected chi connectivity index (χ2v) is 9.05. The molecule has 1 aromatic heterocycles. The summed E-state index contributed by atoms with van der Waals surface area (Å²) in [6, 6.07) is 19.9. The second-order valence-electron chi connectivity index (χ2n) is 7.73. The Bertz CT molecular complexity index is 1240. The van der Waals surface area contributed by atoms with E-state index >= 15 is 0 Å². The van der Waals surface area contributed by atoms with E-state index in [0.29, 0.717) is 11.6 Å². The molecule has 1 atom stereocenters. The Morgan fingerprint density at radius 3 is 2.51 bits per heavy atom. The third-order valence-corrected chi connectivity index (χ3v) is 6.53. The summed E-state index contributed by atoms with van der Waals surface area (Å²) in [4.78, 5) is 21.3. The number of carbonyl (C=O) groups is 1. The van der Waals surface area contributed by atoms with Gasteiger partial charge in [0.05, 0.1) is 17.3 Å². The topological polar surface area (TPSA) is 54.4 Å². The highest BCUT2D eigenvalue weighted by atomic mass is 35.5. The fourth-order valence-corrected chi connectivity index (χ4v) is 4.27. The first kappa shape index (κ1) is 26.2. The van der Waals surface area contributed by atoms with E-state index in [1.54, 1.807) is 30.1 Å². The lowest BCUT2D eigenvalue weighted by Gasteiger charge is -2.10. The molecule has 0 bridgehead atoms. The second kappa shape index (κ2) is 13.5. The summed E-state index contributed by atoms with van der Waals surface area (Å²) in [6.45, 7) is 9.86. The summed E-state index contributed by atoms with van der Waals surface area (Å²) < 4.78 is 0. The first-order chi connectivity index (χ1) is 17.0. The number of carbonyl (C=O) groups excluding carboxylic acids is 1. The van der Waals surface area contributed by atoms with Gasteiger partial charge in [-0.2, -0.15) is 0 Å². The summed E-state index contributed by atoms with van der Waals surface area (Å²) in [6.07, 6.45) is 7.75. The van der Waals surface area contributed by atoms with E-state index in [1.807, 2.05) is 67.1 Å². The Hall–Kier alpha value is -3.41. The van der Waals surface area contributed by atoms with Crippen LogP contribution in [0.25, 0.3) is 0 Å². The molecule has 0 aliphatic carbocycles. The summed E-state index contributed by atoms with van der Waals surface area (Å²) in [7, 11) is 0. The van der Waals surface area contributed by atoms with Crippen LogP contribution in [0, 0.1) is 5.92 Å². The Morgan fingerprint density at radius 2 is 1.83 bits per heavy atom. The highest BCUT2D eigenvalue weighted by Crippen LogP contribution is 2.32. The Labute approximate surface area is 216 Å². The molecule has 4 rings (SSSR count). The van der Waals surface area contributed by atoms with Crippen molar-refractivity contribution in [2.24, 2.45) is 10.9 Å². The van der Waals surface area contributed by atoms with Crippen molar-refractivity contribution >= 4 is 35.0 Å². The number of amides is 1. The van der Waals surface area contributed by atoms with Crippen molar-refractivity contribution in [1.82, 2.24) is 10.3 Å². The molecular weight excluding hydrogens is 474 g/mol. The number of benzene rings is 2. The molecule has 0 saturated carbocycles. The molecule has 178 valence electrons. The van der Waals surface area contributed by atoms with Crippen LogP contribution < -0.4 is 5.32 Å². The van der Waals surface area contributed by atoms with Crippen LogP contribution in [0.4, 0.5) is 0 Å². The molecule has 1 aliphatic rings. The Balaban J connectivity index is 0.000000205. The number of nitrogens with zero attached hydrogens (tertiary/aromatic N) is 2. The zero-order chi connectivity index (χ0) is 25.0. The smallest absolute Gasteiger partial charge is 0.226 e. The summed E-state index contributed by atoms with van der Waals surface area (Å²) in [5, 5.41) is 5.56. The monoisotopic (exact) mass is 501 g/mol. The van der Waals surface area contributed by atoms with E-state index in [2.05, 4.69) is 35.6 Å². The standard InChI is InChI=1S/C17H12ClNS.C12H16N2O/c1-2-12-11-20-16-10-6-4-8-14(16)17(19-12)13-7-3-5-9-15(13)18;1-3-10(2)12(15)14-8-6-11-5-4-7-13-9-11/h2-11H,1H2;3-5,7,9-10H,1,6,8H2,2H3,(H,14,15). The van der Waals surface area contributed by atoms with Crippen LogP contribution in [0.2, 0.25) is 5.02 Å². The van der Waals surface area contributed by atoms with Crippen LogP contribution in [-0.2, 0) is 11.2 Å². The molecule has 35 heavy (non-hydrogen) atoms. The van der Waals surface area contributed by atoms with Gasteiger partial charge in [0.1, 0.15) is 0 Å². The third kappa shape index (κ3) is 7.54. The van der Waals surface area contributed by atoms with Crippen molar-refractivity contribution in [2.75, 3.05) is 6.54 Å². The van der Waals surface area contributed by atoms with Gasteiger partial charge in [-0.05, 0) is 36.3 Å². The number of allylic oxidation sites excluding steroid dienone is 1. The SMILES string of the molecule is C=CC(C)C(=O)NCCc1cccnc1.C=CC1=CSc2ccccc2C(c2ccccc2Cl)=N1. The zero-order valence-electron chi connectivity index (χ0n) is 19.7. The van der Waals surface area contributed by atoms with Crippen molar-refractivity contribution in [1.29, 1.82) is 0 Å². The van der Waals surface area contributed by atoms with Gasteiger partial charge in [-0.1, -0.05) is 85.4 Å². The minimum Gasteiger partial charge on any atom is -0.355 e. The average Bonchev–Trinajstić information content (AvgIpc) is 3.09. The van der Waals surface area contributed by atoms with Gasteiger partial charge < -0.3 is 5.32 Å². The summed E-state index contributed by atoms with van der Waals surface area (Å²) >= 11 is 7.99. The zero-order valence-corrected chi connectivity index (χ0v) is 21.2. The van der Waals surface area contributed by atoms with E-state index in [-0.39, 0.29) is 11.8 Å². The Morgan fingerprint density at radius 1 is 1.09 bits per heavy atom. The molecule has 3 aromatic rings. The normalized spacial score (nSPS) is 13.0. The maximum absolute atomic E-state index is 11.4. The Kier molecular flexibility index (Phi) is 10.1. The van der Waals surface area contributed by atoms with Gasteiger partial charge in [-0.25, -0.2) is 4.99 Å². The fourth-order valence-electron chi connectivity index (χ4n) is 3.20. The number of hydrogen-bond acceptors (Lipinski definition) is 4. The van der Waals surface area contributed by atoms with Gasteiger partial charge in [0, 0.05) is 45.4 Å². The number of aliphatic imine (C=N–C) groups is 1. The lowest BCUT2D eigenvalue weighted by atomic mass is 10.0. The summed E-state index contributed by atoms with van der Waals surface area (Å²) in [5.41, 5.74) is 4.91. The molecule has 0 radical (unpaired) electrons. The van der Waals surface area contributed by atoms with Crippen LogP contribution in [-0.4, -0.2) is 23.1 Å². The van der Waals surface area contributed by atoms with Gasteiger partial charge in [-0.3, -0.25) is 9.78 Å². The third-order valence-electron chi connectivity index (χ3n) is 5.23. The minimum atomic E-state index is -0.126. The number of halogens is 1. The molecule has 0 saturated heterocycles. The van der Waals surface area contributed by atoms with Crippen molar-refractivity contribution in [2.45, 2.75) is 18.2 Å². The predicted octanol–water partition coefficient (Wildman–Crippen LogP) is 6.87. The van der Waals surface area contributed by atoms with Crippen LogP contribution in [0.15, 0.2) is 119 Å². The van der Waals surface area contributed by atoms with Crippen LogP contribution in [0.3, 0.4) is 0 Å². The first-order valence-electron chi connectivity index (χ1n) is 11.2. The van der Waals surface area contributed by atoms with Gasteiger partial charge in [0.15, 0.2) is 0 Å². The molecule has 0 spiro atoms. The molecule has 1 amide bonds. The van der Waals surface area contributed by atoms with E-state index < -0.39 is 0 Å². The van der Waals surface area contributed by atoms with Crippen LogP contribution in [0.1, 0.15) is 23.6 Å². The lowest BCUT2D eigenvalue weighted by Crippen LogP contribution is -2.29. The number of aromatic nitrogens is 1. The maximum atomic E-state index is 11.4. The van der Waals surface area contributed by atoms with Crippen molar-refractivity contribution < 1.29 is 4.79 Å². The molecule has 0 fully saturated rings. The molecule has 1 aliphatic heterocycles. The molecule has 4 nitrogen and oxygen atoms in total. The number of hydrogen-bond donors (Lipinski definition) is 1. The first-order valence-corrected chi connectivity index (χ1v) is 12.5. The predicted molar refractivity (Wildman–Crippen MR) is 148 cm³/mol. The number of rotatable bonds is 7. The molecule has 2 aromatic carbocycles. The van der Waals surface area contributed by atoms with E-state index in [4.69, 9.17) is 16.6 Å². The van der Waals surface area contributed by atoms with Crippen LogP contribution >= 0.6 is 23.4 Å². The molecule has 6 heteroatoms. The van der Waals surface area contributed by atoms with Gasteiger partial charge in [0.2, 0.25) is 5.91 Å². The van der Waals surface area contributed by atoms with Crippen LogP contribution in [0.5, 0.6) is 0 Å². The number of fused-ring (bicyclic) bond motifs is 1. The highest BCUT2D eigenvalue weighted by Gasteiger charge is 2.16. The molecule has 1 unspecified atom stereocenters. The van der Waals surface area contributed by atoms with E-state index in [9.17, 15) is 4.79 Å². The average molecular weight is 502 g/mol. The quantitative estimate of drug-likeness (QED) is 0.359. The number of pyridine rings is 1. The van der Waals surface area contributed by atoms with Crippen molar-refractivity contribution in [3.05, 3.63) is 131 Å². The summed E-state index contributed by atoms with van der Waals surface area (Å²) in [5.74, 6) is -0.104. The molecule has 2 heterocycles. The van der Waals surface area contributed by atoms with Crippen molar-refractivity contribution in [3.63, 3.8) is 0 Å². The van der Waals surface area contributed by atoms with E-state index in [0.717, 1.165) is 34.5 Å². The van der Waals surface area contributed by atoms with E-state index in [1.165, 1.54) is 4.90 Å². The maximum Gasteiger partial charge on any atom is 0.226 e. The number of thioether (sulfide) groups is 1. The van der Waals surface area contributed by atoms with Gasteiger partial charge >= 0.3 is 0 Å². The van der Waals surface area contributed by atoms with Crippen molar-refractivity contribution in [3.8, 4) is 0 Å². The largest absolute Gasteiger partial charge is 0.355 e. The lowest BCUT2D eigenvalue weighted by molar-refractivity contribution is -0.123. The fraction of sp³-hybridized carbons (Fsp3) is 0.138. The molecule has 1 N–H and O–H groups in total. The van der Waals surface area contributed by atoms with Gasteiger partial charge in [-0.15, -0.1) is 6.58 Å². The number of nitrogens with one attached hydrogen (secondary N) is 1. The molecular formula is C29H28ClN3OS. The highest BCUT2D eigenvalue weighted by molar-refractivity contribution is 8.02.